The van der Waals surface area contributed by atoms with Crippen molar-refractivity contribution in [1.82, 2.24) is 4.72 Å². The Morgan fingerprint density at radius 3 is 2.72 bits per heavy atom. The maximum Gasteiger partial charge on any atom is 0.242 e. The van der Waals surface area contributed by atoms with E-state index in [-0.39, 0.29) is 16.6 Å². The number of hydrogen-bond acceptors (Lipinski definition) is 4. The van der Waals surface area contributed by atoms with Gasteiger partial charge in [-0.2, -0.15) is 11.8 Å². The van der Waals surface area contributed by atoms with E-state index in [0.717, 1.165) is 12.1 Å². The summed E-state index contributed by atoms with van der Waals surface area (Å²) >= 11 is 1.55. The zero-order valence-electron chi connectivity index (χ0n) is 10.3. The van der Waals surface area contributed by atoms with Crippen molar-refractivity contribution in [1.29, 1.82) is 0 Å². The maximum absolute atomic E-state index is 13.1. The highest BCUT2D eigenvalue weighted by Crippen LogP contribution is 2.20. The number of nitrogen functional groups attached to an aromatic ring is 1. The SMILES string of the molecule is CCC(CSC)NS(=O)(=O)c1cc(F)ccc1N. The lowest BCUT2D eigenvalue weighted by atomic mass is 10.3. The van der Waals surface area contributed by atoms with Crippen molar-refractivity contribution in [2.75, 3.05) is 17.7 Å². The fourth-order valence-corrected chi connectivity index (χ4v) is 3.75. The molecule has 0 heterocycles. The molecule has 0 bridgehead atoms. The van der Waals surface area contributed by atoms with E-state index in [9.17, 15) is 12.8 Å². The summed E-state index contributed by atoms with van der Waals surface area (Å²) < 4.78 is 39.8. The van der Waals surface area contributed by atoms with Gasteiger partial charge in [0.2, 0.25) is 10.0 Å². The molecule has 0 saturated carbocycles. The number of halogens is 1. The molecule has 0 aliphatic heterocycles. The van der Waals surface area contributed by atoms with Crippen LogP contribution in [0.5, 0.6) is 0 Å². The molecule has 0 aliphatic rings. The van der Waals surface area contributed by atoms with E-state index >= 15 is 0 Å². The van der Waals surface area contributed by atoms with Gasteiger partial charge in [-0.05, 0) is 30.9 Å². The normalized spacial score (nSPS) is 13.5. The summed E-state index contributed by atoms with van der Waals surface area (Å²) in [5.74, 6) is 0.0350. The lowest BCUT2D eigenvalue weighted by Gasteiger charge is -2.16. The number of thioether (sulfide) groups is 1. The van der Waals surface area contributed by atoms with Crippen LogP contribution in [0.1, 0.15) is 13.3 Å². The van der Waals surface area contributed by atoms with Crippen molar-refractivity contribution < 1.29 is 12.8 Å². The second kappa shape index (κ2) is 6.40. The van der Waals surface area contributed by atoms with Gasteiger partial charge >= 0.3 is 0 Å². The van der Waals surface area contributed by atoms with Crippen LogP contribution in [0.3, 0.4) is 0 Å². The van der Waals surface area contributed by atoms with Crippen LogP contribution in [-0.4, -0.2) is 26.5 Å². The molecule has 4 nitrogen and oxygen atoms in total. The van der Waals surface area contributed by atoms with E-state index in [1.165, 1.54) is 6.07 Å². The highest BCUT2D eigenvalue weighted by Gasteiger charge is 2.21. The molecule has 0 amide bonds. The molecular formula is C11H17FN2O2S2. The molecule has 0 radical (unpaired) electrons. The number of benzene rings is 1. The molecule has 0 fully saturated rings. The largest absolute Gasteiger partial charge is 0.398 e. The molecule has 1 unspecified atom stereocenters. The number of sulfonamides is 1. The molecule has 0 spiro atoms. The molecule has 0 aliphatic carbocycles. The van der Waals surface area contributed by atoms with Crippen molar-refractivity contribution >= 4 is 27.5 Å². The monoisotopic (exact) mass is 292 g/mol. The lowest BCUT2D eigenvalue weighted by Crippen LogP contribution is -2.36. The number of hydrogen-bond donors (Lipinski definition) is 2. The van der Waals surface area contributed by atoms with Crippen LogP contribution in [0, 0.1) is 5.82 Å². The number of nitrogens with two attached hydrogens (primary N) is 1. The second-order valence-electron chi connectivity index (χ2n) is 3.86. The van der Waals surface area contributed by atoms with E-state index in [1.807, 2.05) is 13.2 Å². The highest BCUT2D eigenvalue weighted by atomic mass is 32.2. The summed E-state index contributed by atoms with van der Waals surface area (Å²) in [6.45, 7) is 1.89. The molecule has 1 atom stereocenters. The minimum atomic E-state index is -3.78. The summed E-state index contributed by atoms with van der Waals surface area (Å²) in [6, 6.07) is 3.13. The average Bonchev–Trinajstić information content (AvgIpc) is 2.31. The van der Waals surface area contributed by atoms with E-state index in [4.69, 9.17) is 5.73 Å². The fourth-order valence-electron chi connectivity index (χ4n) is 1.46. The van der Waals surface area contributed by atoms with Crippen molar-refractivity contribution in [3.63, 3.8) is 0 Å². The zero-order valence-corrected chi connectivity index (χ0v) is 11.9. The Balaban J connectivity index is 3.02. The van der Waals surface area contributed by atoms with Crippen LogP contribution in [0.4, 0.5) is 10.1 Å². The smallest absolute Gasteiger partial charge is 0.242 e. The minimum Gasteiger partial charge on any atom is -0.398 e. The van der Waals surface area contributed by atoms with Crippen LogP contribution in [0.2, 0.25) is 0 Å². The predicted octanol–water partition coefficient (Wildman–Crippen LogP) is 1.83. The van der Waals surface area contributed by atoms with Gasteiger partial charge in [-0.25, -0.2) is 17.5 Å². The number of rotatable bonds is 6. The maximum atomic E-state index is 13.1. The van der Waals surface area contributed by atoms with Crippen LogP contribution in [0.25, 0.3) is 0 Å². The van der Waals surface area contributed by atoms with Gasteiger partial charge in [0, 0.05) is 11.8 Å². The third-order valence-electron chi connectivity index (χ3n) is 2.45. The summed E-state index contributed by atoms with van der Waals surface area (Å²) in [6.07, 6.45) is 2.56. The standard InChI is InChI=1S/C11H17FN2O2S2/c1-3-9(7-17-2)14-18(15,16)11-6-8(12)4-5-10(11)13/h4-6,9,14H,3,7,13H2,1-2H3. The van der Waals surface area contributed by atoms with Crippen LogP contribution in [0.15, 0.2) is 23.1 Å². The van der Waals surface area contributed by atoms with Gasteiger partial charge in [0.15, 0.2) is 0 Å². The Labute approximate surface area is 111 Å². The quantitative estimate of drug-likeness (QED) is 0.785. The molecule has 1 rings (SSSR count). The van der Waals surface area contributed by atoms with Gasteiger partial charge in [0.25, 0.3) is 0 Å². The minimum absolute atomic E-state index is 0.0444. The van der Waals surface area contributed by atoms with E-state index in [2.05, 4.69) is 4.72 Å². The molecule has 102 valence electrons. The Morgan fingerprint density at radius 1 is 1.50 bits per heavy atom. The molecular weight excluding hydrogens is 275 g/mol. The first-order valence-electron chi connectivity index (χ1n) is 5.47. The zero-order chi connectivity index (χ0) is 13.8. The van der Waals surface area contributed by atoms with Crippen LogP contribution < -0.4 is 10.5 Å². The van der Waals surface area contributed by atoms with Crippen molar-refractivity contribution in [3.8, 4) is 0 Å². The summed E-state index contributed by atoms with van der Waals surface area (Å²) in [5, 5.41) is 0. The number of nitrogens with one attached hydrogen (secondary N) is 1. The molecule has 1 aromatic carbocycles. The molecule has 0 saturated heterocycles. The van der Waals surface area contributed by atoms with E-state index in [0.29, 0.717) is 12.2 Å². The average molecular weight is 292 g/mol. The van der Waals surface area contributed by atoms with Crippen molar-refractivity contribution in [2.45, 2.75) is 24.3 Å². The Kier molecular flexibility index (Phi) is 5.43. The number of anilines is 1. The van der Waals surface area contributed by atoms with Gasteiger partial charge in [-0.3, -0.25) is 0 Å². The summed E-state index contributed by atoms with van der Waals surface area (Å²) in [4.78, 5) is -0.206. The first kappa shape index (κ1) is 15.3. The summed E-state index contributed by atoms with van der Waals surface area (Å²) in [7, 11) is -3.78. The predicted molar refractivity (Wildman–Crippen MR) is 73.6 cm³/mol. The lowest BCUT2D eigenvalue weighted by molar-refractivity contribution is 0.556. The molecule has 1 aromatic rings. The highest BCUT2D eigenvalue weighted by molar-refractivity contribution is 7.98. The Bertz CT molecular complexity index is 506. The van der Waals surface area contributed by atoms with Crippen molar-refractivity contribution in [3.05, 3.63) is 24.0 Å². The first-order chi connectivity index (χ1) is 8.40. The fraction of sp³-hybridized carbons (Fsp3) is 0.455. The van der Waals surface area contributed by atoms with Gasteiger partial charge in [-0.1, -0.05) is 6.92 Å². The summed E-state index contributed by atoms with van der Waals surface area (Å²) in [5.41, 5.74) is 5.62. The van der Waals surface area contributed by atoms with Gasteiger partial charge in [-0.15, -0.1) is 0 Å². The third kappa shape index (κ3) is 3.86. The molecule has 7 heteroatoms. The van der Waals surface area contributed by atoms with Crippen LogP contribution >= 0.6 is 11.8 Å². The Morgan fingerprint density at radius 2 is 2.17 bits per heavy atom. The van der Waals surface area contributed by atoms with Gasteiger partial charge in [0.1, 0.15) is 10.7 Å². The second-order valence-corrected chi connectivity index (χ2v) is 6.46. The van der Waals surface area contributed by atoms with E-state index < -0.39 is 15.8 Å². The first-order valence-corrected chi connectivity index (χ1v) is 8.34. The van der Waals surface area contributed by atoms with E-state index in [1.54, 1.807) is 11.8 Å². The third-order valence-corrected chi connectivity index (χ3v) is 4.76. The molecule has 0 aromatic heterocycles. The Hall–Kier alpha value is -0.790. The van der Waals surface area contributed by atoms with Crippen LogP contribution in [-0.2, 0) is 10.0 Å². The topological polar surface area (TPSA) is 72.2 Å². The molecule has 3 N–H and O–H groups in total. The van der Waals surface area contributed by atoms with Crippen molar-refractivity contribution in [2.24, 2.45) is 0 Å². The van der Waals surface area contributed by atoms with Gasteiger partial charge in [0.05, 0.1) is 5.69 Å². The molecule has 18 heavy (non-hydrogen) atoms. The van der Waals surface area contributed by atoms with Gasteiger partial charge < -0.3 is 5.73 Å².